The molecule has 30 heavy (non-hydrogen) atoms. The van der Waals surface area contributed by atoms with Crippen LogP contribution in [-0.4, -0.2) is 107 Å². The van der Waals surface area contributed by atoms with Crippen LogP contribution in [-0.2, 0) is 14.3 Å². The maximum Gasteiger partial charge on any atom is 0.255 e. The lowest BCUT2D eigenvalue weighted by Crippen LogP contribution is -2.48. The van der Waals surface area contributed by atoms with Crippen molar-refractivity contribution in [3.05, 3.63) is 24.0 Å². The number of carbonyl (C=O) groups is 2. The summed E-state index contributed by atoms with van der Waals surface area (Å²) in [6.07, 6.45) is 1.86. The van der Waals surface area contributed by atoms with Crippen LogP contribution in [0.2, 0.25) is 0 Å². The number of amides is 2. The maximum absolute atomic E-state index is 12.9. The van der Waals surface area contributed by atoms with Gasteiger partial charge in [0.05, 0.1) is 24.6 Å². The molecule has 168 valence electrons. The SMILES string of the molecule is CO[C@H]1CN(C(C)=O)CCCN(C(=O)c2ccnnc2)CCCCOC[C@H](O)[C@@H]1O. The van der Waals surface area contributed by atoms with Crippen LogP contribution >= 0.6 is 0 Å². The average Bonchev–Trinajstić information content (AvgIpc) is 2.76. The third kappa shape index (κ3) is 7.28. The Bertz CT molecular complexity index is 662. The second-order valence-corrected chi connectivity index (χ2v) is 7.36. The molecule has 2 N–H and O–H groups in total. The standard InChI is InChI=1S/C20H32N4O6/c1-15(25)24-10-5-9-23(20(28)16-6-7-21-22-12-16)8-3-4-11-30-14-17(26)19(27)18(13-24)29-2/h6-7,12,17-19,26-27H,3-5,8-11,13-14H2,1-2H3/t17-,18-,19-/m0/s1. The molecule has 1 saturated heterocycles. The van der Waals surface area contributed by atoms with Crippen molar-refractivity contribution < 1.29 is 29.3 Å². The fourth-order valence-corrected chi connectivity index (χ4v) is 3.34. The number of hydrogen-bond acceptors (Lipinski definition) is 8. The molecule has 1 aliphatic heterocycles. The molecule has 0 aliphatic carbocycles. The van der Waals surface area contributed by atoms with Gasteiger partial charge in [0.25, 0.3) is 5.91 Å². The van der Waals surface area contributed by atoms with E-state index in [1.165, 1.54) is 26.4 Å². The van der Waals surface area contributed by atoms with Gasteiger partial charge in [-0.1, -0.05) is 0 Å². The third-order valence-electron chi connectivity index (χ3n) is 5.15. The van der Waals surface area contributed by atoms with Crippen LogP contribution in [0.4, 0.5) is 0 Å². The lowest BCUT2D eigenvalue weighted by molar-refractivity contribution is -0.136. The number of rotatable bonds is 2. The second kappa shape index (κ2) is 12.5. The van der Waals surface area contributed by atoms with Gasteiger partial charge in [-0.05, 0) is 25.3 Å². The summed E-state index contributed by atoms with van der Waals surface area (Å²) in [5, 5.41) is 28.1. The Morgan fingerprint density at radius 3 is 2.53 bits per heavy atom. The van der Waals surface area contributed by atoms with E-state index in [0.717, 1.165) is 6.42 Å². The van der Waals surface area contributed by atoms with Crippen LogP contribution < -0.4 is 0 Å². The van der Waals surface area contributed by atoms with E-state index in [4.69, 9.17) is 9.47 Å². The van der Waals surface area contributed by atoms with E-state index in [9.17, 15) is 19.8 Å². The Balaban J connectivity index is 2.11. The Kier molecular flexibility index (Phi) is 10.1. The zero-order valence-corrected chi connectivity index (χ0v) is 17.6. The summed E-state index contributed by atoms with van der Waals surface area (Å²) in [4.78, 5) is 28.2. The number of carbonyl (C=O) groups excluding carboxylic acids is 2. The first-order chi connectivity index (χ1) is 14.4. The minimum absolute atomic E-state index is 0.0353. The quantitative estimate of drug-likeness (QED) is 0.663. The fourth-order valence-electron chi connectivity index (χ4n) is 3.34. The van der Waals surface area contributed by atoms with Gasteiger partial charge in [-0.15, -0.1) is 0 Å². The molecule has 10 nitrogen and oxygen atoms in total. The monoisotopic (exact) mass is 424 g/mol. The van der Waals surface area contributed by atoms with Crippen molar-refractivity contribution >= 4 is 11.8 Å². The topological polar surface area (TPSA) is 125 Å². The van der Waals surface area contributed by atoms with Gasteiger partial charge >= 0.3 is 0 Å². The molecule has 0 spiro atoms. The highest BCUT2D eigenvalue weighted by Gasteiger charge is 2.29. The largest absolute Gasteiger partial charge is 0.388 e. The second-order valence-electron chi connectivity index (χ2n) is 7.36. The molecule has 1 aliphatic rings. The molecule has 0 saturated carbocycles. The van der Waals surface area contributed by atoms with Gasteiger partial charge in [-0.25, -0.2) is 0 Å². The number of ether oxygens (including phenoxy) is 2. The van der Waals surface area contributed by atoms with Crippen molar-refractivity contribution in [1.29, 1.82) is 0 Å². The Labute approximate surface area is 176 Å². The Morgan fingerprint density at radius 2 is 1.87 bits per heavy atom. The first-order valence-electron chi connectivity index (χ1n) is 10.2. The summed E-state index contributed by atoms with van der Waals surface area (Å²) in [6, 6.07) is 1.63. The van der Waals surface area contributed by atoms with Crippen molar-refractivity contribution in [1.82, 2.24) is 20.0 Å². The van der Waals surface area contributed by atoms with E-state index in [-0.39, 0.29) is 25.0 Å². The Hall–Kier alpha value is -2.14. The molecule has 2 amide bonds. The molecule has 3 atom stereocenters. The van der Waals surface area contributed by atoms with Crippen molar-refractivity contribution in [2.24, 2.45) is 0 Å². The van der Waals surface area contributed by atoms with Crippen molar-refractivity contribution in [3.8, 4) is 0 Å². The van der Waals surface area contributed by atoms with Crippen molar-refractivity contribution in [2.75, 3.05) is 46.5 Å². The van der Waals surface area contributed by atoms with Gasteiger partial charge in [0.2, 0.25) is 5.91 Å². The van der Waals surface area contributed by atoms with Gasteiger partial charge in [0.1, 0.15) is 18.3 Å². The summed E-state index contributed by atoms with van der Waals surface area (Å²) in [5.41, 5.74) is 0.466. The lowest BCUT2D eigenvalue weighted by atomic mass is 10.1. The molecule has 0 radical (unpaired) electrons. The number of aliphatic hydroxyl groups is 2. The normalized spacial score (nSPS) is 25.3. The van der Waals surface area contributed by atoms with E-state index in [2.05, 4.69) is 10.2 Å². The van der Waals surface area contributed by atoms with E-state index in [1.54, 1.807) is 15.9 Å². The molecule has 1 fully saturated rings. The summed E-state index contributed by atoms with van der Waals surface area (Å²) in [5.74, 6) is -0.305. The zero-order valence-electron chi connectivity index (χ0n) is 17.6. The van der Waals surface area contributed by atoms with Crippen LogP contribution in [0.3, 0.4) is 0 Å². The van der Waals surface area contributed by atoms with Crippen molar-refractivity contribution in [2.45, 2.75) is 44.5 Å². The highest BCUT2D eigenvalue weighted by Crippen LogP contribution is 2.11. The summed E-state index contributed by atoms with van der Waals surface area (Å²) >= 11 is 0. The number of aliphatic hydroxyl groups excluding tert-OH is 2. The van der Waals surface area contributed by atoms with Gasteiger partial charge < -0.3 is 29.5 Å². The summed E-state index contributed by atoms with van der Waals surface area (Å²) < 4.78 is 10.8. The number of hydrogen-bond donors (Lipinski definition) is 2. The van der Waals surface area contributed by atoms with E-state index < -0.39 is 18.3 Å². The van der Waals surface area contributed by atoms with Crippen LogP contribution in [0.5, 0.6) is 0 Å². The Morgan fingerprint density at radius 1 is 1.13 bits per heavy atom. The highest BCUT2D eigenvalue weighted by molar-refractivity contribution is 5.93. The molecule has 0 unspecified atom stereocenters. The maximum atomic E-state index is 12.9. The van der Waals surface area contributed by atoms with Gasteiger partial charge in [-0.2, -0.15) is 10.2 Å². The molecule has 0 bridgehead atoms. The number of aromatic nitrogens is 2. The van der Waals surface area contributed by atoms with Crippen molar-refractivity contribution in [3.63, 3.8) is 0 Å². The minimum Gasteiger partial charge on any atom is -0.388 e. The molecular weight excluding hydrogens is 392 g/mol. The van der Waals surface area contributed by atoms with Crippen LogP contribution in [0.25, 0.3) is 0 Å². The molecule has 1 aromatic heterocycles. The number of nitrogens with zero attached hydrogens (tertiary/aromatic N) is 4. The predicted molar refractivity (Wildman–Crippen MR) is 108 cm³/mol. The lowest BCUT2D eigenvalue weighted by Gasteiger charge is -2.31. The molecule has 0 aromatic carbocycles. The van der Waals surface area contributed by atoms with Gasteiger partial charge in [-0.3, -0.25) is 9.59 Å². The first-order valence-corrected chi connectivity index (χ1v) is 10.2. The molecule has 2 rings (SSSR count). The highest BCUT2D eigenvalue weighted by atomic mass is 16.5. The van der Waals surface area contributed by atoms with E-state index in [0.29, 0.717) is 44.6 Å². The minimum atomic E-state index is -1.18. The van der Waals surface area contributed by atoms with Gasteiger partial charge in [0, 0.05) is 46.8 Å². The van der Waals surface area contributed by atoms with Crippen LogP contribution in [0, 0.1) is 0 Å². The zero-order chi connectivity index (χ0) is 21.9. The fraction of sp³-hybridized carbons (Fsp3) is 0.700. The van der Waals surface area contributed by atoms with E-state index in [1.807, 2.05) is 0 Å². The van der Waals surface area contributed by atoms with E-state index >= 15 is 0 Å². The summed E-state index contributed by atoms with van der Waals surface area (Å²) in [7, 11) is 1.43. The average molecular weight is 424 g/mol. The first kappa shape index (κ1) is 24.1. The molecule has 10 heteroatoms. The number of methoxy groups -OCH3 is 1. The predicted octanol–water partition coefficient (Wildman–Crippen LogP) is -0.295. The molecule has 2 heterocycles. The van der Waals surface area contributed by atoms with Gasteiger partial charge in [0.15, 0.2) is 0 Å². The summed E-state index contributed by atoms with van der Waals surface area (Å²) in [6.45, 7) is 3.34. The molecular formula is C20H32N4O6. The smallest absolute Gasteiger partial charge is 0.255 e. The van der Waals surface area contributed by atoms with Crippen LogP contribution in [0.1, 0.15) is 36.5 Å². The molecule has 1 aromatic rings. The van der Waals surface area contributed by atoms with Crippen LogP contribution in [0.15, 0.2) is 18.5 Å². The third-order valence-corrected chi connectivity index (χ3v) is 5.15.